The standard InChI is InChI=1S/C13H21N3S2/c1-4-10-6-14-12(17-10)8-16-13-15-7-11(18-13)5-9(2)3/h6,9,11H,4-5,7-8H2,1-3H3,(H,15,16). The van der Waals surface area contributed by atoms with Gasteiger partial charge in [0.05, 0.1) is 13.1 Å². The van der Waals surface area contributed by atoms with Gasteiger partial charge in [-0.05, 0) is 18.8 Å². The van der Waals surface area contributed by atoms with Crippen LogP contribution in [0.5, 0.6) is 0 Å². The molecular formula is C13H21N3S2. The second-order valence-electron chi connectivity index (χ2n) is 4.94. The highest BCUT2D eigenvalue weighted by molar-refractivity contribution is 8.14. The van der Waals surface area contributed by atoms with Crippen LogP contribution in [0.2, 0.25) is 0 Å². The second kappa shape index (κ2) is 6.57. The first-order valence-corrected chi connectivity index (χ1v) is 8.25. The molecule has 2 rings (SSSR count). The molecule has 100 valence electrons. The largest absolute Gasteiger partial charge is 0.358 e. The van der Waals surface area contributed by atoms with E-state index in [-0.39, 0.29) is 0 Å². The van der Waals surface area contributed by atoms with Crippen molar-refractivity contribution in [3.63, 3.8) is 0 Å². The van der Waals surface area contributed by atoms with E-state index < -0.39 is 0 Å². The summed E-state index contributed by atoms with van der Waals surface area (Å²) in [5.41, 5.74) is 0. The molecule has 0 aliphatic carbocycles. The Hall–Kier alpha value is -0.550. The number of thiazole rings is 1. The lowest BCUT2D eigenvalue weighted by molar-refractivity contribution is 0.575. The molecule has 1 aromatic rings. The number of aryl methyl sites for hydroxylation is 1. The first-order valence-electron chi connectivity index (χ1n) is 6.56. The maximum absolute atomic E-state index is 4.56. The van der Waals surface area contributed by atoms with E-state index in [9.17, 15) is 0 Å². The molecule has 1 N–H and O–H groups in total. The summed E-state index contributed by atoms with van der Waals surface area (Å²) >= 11 is 3.68. The van der Waals surface area contributed by atoms with Crippen LogP contribution in [0, 0.1) is 5.92 Å². The van der Waals surface area contributed by atoms with E-state index in [4.69, 9.17) is 0 Å². The molecule has 1 aromatic heterocycles. The average molecular weight is 283 g/mol. The van der Waals surface area contributed by atoms with E-state index >= 15 is 0 Å². The fourth-order valence-corrected chi connectivity index (χ4v) is 3.96. The van der Waals surface area contributed by atoms with Gasteiger partial charge in [-0.3, -0.25) is 4.99 Å². The van der Waals surface area contributed by atoms with Crippen molar-refractivity contribution in [3.8, 4) is 0 Å². The van der Waals surface area contributed by atoms with Gasteiger partial charge in [-0.25, -0.2) is 4.98 Å². The molecule has 0 fully saturated rings. The smallest absolute Gasteiger partial charge is 0.157 e. The lowest BCUT2D eigenvalue weighted by Crippen LogP contribution is -2.19. The molecule has 0 saturated carbocycles. The van der Waals surface area contributed by atoms with Crippen molar-refractivity contribution < 1.29 is 0 Å². The van der Waals surface area contributed by atoms with Crippen LogP contribution in [0.4, 0.5) is 0 Å². The van der Waals surface area contributed by atoms with Crippen molar-refractivity contribution in [1.82, 2.24) is 10.3 Å². The summed E-state index contributed by atoms with van der Waals surface area (Å²) in [5.74, 6) is 0.753. The summed E-state index contributed by atoms with van der Waals surface area (Å²) in [4.78, 5) is 10.3. The minimum atomic E-state index is 0.662. The molecule has 0 bridgehead atoms. The molecular weight excluding hydrogens is 262 g/mol. The zero-order chi connectivity index (χ0) is 13.0. The van der Waals surface area contributed by atoms with E-state index in [0.717, 1.165) is 35.6 Å². The van der Waals surface area contributed by atoms with Crippen LogP contribution in [0.3, 0.4) is 0 Å². The molecule has 0 radical (unpaired) electrons. The van der Waals surface area contributed by atoms with Gasteiger partial charge in [0.15, 0.2) is 5.17 Å². The number of amidine groups is 1. The van der Waals surface area contributed by atoms with Crippen LogP contribution in [0.25, 0.3) is 0 Å². The van der Waals surface area contributed by atoms with Gasteiger partial charge < -0.3 is 5.32 Å². The third-order valence-electron chi connectivity index (χ3n) is 2.79. The van der Waals surface area contributed by atoms with Crippen molar-refractivity contribution in [2.24, 2.45) is 10.9 Å². The van der Waals surface area contributed by atoms with Crippen molar-refractivity contribution in [3.05, 3.63) is 16.1 Å². The zero-order valence-corrected chi connectivity index (χ0v) is 12.9. The third-order valence-corrected chi connectivity index (χ3v) is 5.11. The maximum Gasteiger partial charge on any atom is 0.157 e. The van der Waals surface area contributed by atoms with Gasteiger partial charge in [-0.1, -0.05) is 32.5 Å². The van der Waals surface area contributed by atoms with Crippen LogP contribution in [0.15, 0.2) is 11.2 Å². The third kappa shape index (κ3) is 3.99. The van der Waals surface area contributed by atoms with Crippen LogP contribution < -0.4 is 5.32 Å². The van der Waals surface area contributed by atoms with Gasteiger partial charge in [-0.2, -0.15) is 0 Å². The molecule has 1 atom stereocenters. The molecule has 1 aliphatic heterocycles. The first kappa shape index (κ1) is 13.9. The summed E-state index contributed by atoms with van der Waals surface area (Å²) in [6, 6.07) is 0. The normalized spacial score (nSPS) is 19.3. The molecule has 0 spiro atoms. The van der Waals surface area contributed by atoms with Crippen molar-refractivity contribution in [2.75, 3.05) is 6.54 Å². The molecule has 3 nitrogen and oxygen atoms in total. The summed E-state index contributed by atoms with van der Waals surface area (Å²) in [6.07, 6.45) is 4.30. The highest BCUT2D eigenvalue weighted by atomic mass is 32.2. The Morgan fingerprint density at radius 2 is 2.33 bits per heavy atom. The highest BCUT2D eigenvalue weighted by Crippen LogP contribution is 2.25. The van der Waals surface area contributed by atoms with Crippen LogP contribution in [0.1, 0.15) is 37.1 Å². The summed E-state index contributed by atoms with van der Waals surface area (Å²) in [5, 5.41) is 6.31. The Kier molecular flexibility index (Phi) is 5.06. The molecule has 18 heavy (non-hydrogen) atoms. The SMILES string of the molecule is CCc1cnc(CNC2=NCC(CC(C)C)S2)s1. The minimum Gasteiger partial charge on any atom is -0.358 e. The Labute approximate surface area is 118 Å². The molecule has 1 unspecified atom stereocenters. The predicted molar refractivity (Wildman–Crippen MR) is 81.5 cm³/mol. The number of thioether (sulfide) groups is 1. The fourth-order valence-electron chi connectivity index (χ4n) is 1.91. The van der Waals surface area contributed by atoms with Gasteiger partial charge in [-0.15, -0.1) is 11.3 Å². The molecule has 1 aliphatic rings. The van der Waals surface area contributed by atoms with Crippen LogP contribution in [-0.4, -0.2) is 21.9 Å². The average Bonchev–Trinajstić information content (AvgIpc) is 2.94. The van der Waals surface area contributed by atoms with Gasteiger partial charge in [0.1, 0.15) is 5.01 Å². The lowest BCUT2D eigenvalue weighted by atomic mass is 10.1. The molecule has 2 heterocycles. The van der Waals surface area contributed by atoms with E-state index in [2.05, 4.69) is 36.1 Å². The molecule has 0 amide bonds. The number of rotatable bonds is 5. The van der Waals surface area contributed by atoms with E-state index in [1.165, 1.54) is 11.3 Å². The Morgan fingerprint density at radius 1 is 1.50 bits per heavy atom. The number of hydrogen-bond donors (Lipinski definition) is 1. The predicted octanol–water partition coefficient (Wildman–Crippen LogP) is 3.31. The van der Waals surface area contributed by atoms with E-state index in [1.807, 2.05) is 18.0 Å². The van der Waals surface area contributed by atoms with Crippen molar-refractivity contribution in [2.45, 2.75) is 45.4 Å². The Balaban J connectivity index is 1.75. The molecule has 0 aromatic carbocycles. The summed E-state index contributed by atoms with van der Waals surface area (Å²) in [6.45, 7) is 8.48. The Morgan fingerprint density at radius 3 is 3.00 bits per heavy atom. The number of nitrogens with zero attached hydrogens (tertiary/aromatic N) is 2. The van der Waals surface area contributed by atoms with Crippen molar-refractivity contribution in [1.29, 1.82) is 0 Å². The quantitative estimate of drug-likeness (QED) is 0.901. The zero-order valence-electron chi connectivity index (χ0n) is 11.3. The minimum absolute atomic E-state index is 0.662. The first-order chi connectivity index (χ1) is 8.67. The lowest BCUT2D eigenvalue weighted by Gasteiger charge is -2.10. The van der Waals surface area contributed by atoms with Crippen LogP contribution >= 0.6 is 23.1 Å². The monoisotopic (exact) mass is 283 g/mol. The Bertz CT molecular complexity index is 412. The van der Waals surface area contributed by atoms with Gasteiger partial charge in [0, 0.05) is 16.3 Å². The van der Waals surface area contributed by atoms with E-state index in [1.54, 1.807) is 11.3 Å². The number of aliphatic imine (C=N–C) groups is 1. The summed E-state index contributed by atoms with van der Waals surface area (Å²) in [7, 11) is 0. The second-order valence-corrected chi connectivity index (χ2v) is 7.43. The number of nitrogens with one attached hydrogen (secondary N) is 1. The summed E-state index contributed by atoms with van der Waals surface area (Å²) < 4.78 is 0. The maximum atomic E-state index is 4.56. The fraction of sp³-hybridized carbons (Fsp3) is 0.692. The topological polar surface area (TPSA) is 37.3 Å². The number of aromatic nitrogens is 1. The van der Waals surface area contributed by atoms with E-state index in [0.29, 0.717) is 5.25 Å². The van der Waals surface area contributed by atoms with Gasteiger partial charge in [0.2, 0.25) is 0 Å². The van der Waals surface area contributed by atoms with Gasteiger partial charge in [0.25, 0.3) is 0 Å². The molecule has 5 heteroatoms. The highest BCUT2D eigenvalue weighted by Gasteiger charge is 2.20. The van der Waals surface area contributed by atoms with Crippen LogP contribution in [-0.2, 0) is 13.0 Å². The van der Waals surface area contributed by atoms with Gasteiger partial charge >= 0.3 is 0 Å². The van der Waals surface area contributed by atoms with Crippen molar-refractivity contribution >= 4 is 28.3 Å². The molecule has 0 saturated heterocycles. The number of hydrogen-bond acceptors (Lipinski definition) is 5.